The van der Waals surface area contributed by atoms with Gasteiger partial charge in [0.25, 0.3) is 5.91 Å². The zero-order valence-corrected chi connectivity index (χ0v) is 21.2. The van der Waals surface area contributed by atoms with Crippen molar-refractivity contribution in [1.29, 1.82) is 0 Å². The normalized spacial score (nSPS) is 11.7. The Balaban J connectivity index is 1.60. The molecule has 4 rings (SSSR count). The van der Waals surface area contributed by atoms with Gasteiger partial charge in [0.15, 0.2) is 0 Å². The minimum absolute atomic E-state index is 0.0608. The first kappa shape index (κ1) is 27.6. The van der Waals surface area contributed by atoms with E-state index in [1.165, 1.54) is 24.3 Å². The molecule has 2 heterocycles. The van der Waals surface area contributed by atoms with Gasteiger partial charge in [0.05, 0.1) is 10.9 Å². The molecule has 0 aliphatic rings. The summed E-state index contributed by atoms with van der Waals surface area (Å²) in [4.78, 5) is 60.9. The molecular weight excluding hydrogens is 518 g/mol. The van der Waals surface area contributed by atoms with E-state index in [-0.39, 0.29) is 41.4 Å². The van der Waals surface area contributed by atoms with E-state index in [0.717, 1.165) is 16.0 Å². The van der Waals surface area contributed by atoms with Gasteiger partial charge in [0.2, 0.25) is 11.9 Å². The molecule has 0 spiro atoms. The number of aromatic carboxylic acids is 1. The first-order valence-electron chi connectivity index (χ1n) is 12.2. The first-order chi connectivity index (χ1) is 19.0. The molecule has 0 saturated heterocycles. The molecule has 0 aliphatic carbocycles. The highest BCUT2D eigenvalue weighted by molar-refractivity contribution is 6.09. The molecule has 9 N–H and O–H groups in total. The number of carbonyl (C=O) groups is 4. The van der Waals surface area contributed by atoms with Crippen molar-refractivity contribution in [1.82, 2.24) is 15.0 Å². The van der Waals surface area contributed by atoms with Gasteiger partial charge in [-0.2, -0.15) is 9.97 Å². The third kappa shape index (κ3) is 5.99. The van der Waals surface area contributed by atoms with E-state index in [0.29, 0.717) is 23.9 Å². The number of H-pyrrole nitrogens is 1. The number of aromatic amines is 1. The molecule has 13 heteroatoms. The number of anilines is 3. The molecule has 1 atom stereocenters. The Morgan fingerprint density at radius 1 is 0.950 bits per heavy atom. The van der Waals surface area contributed by atoms with Crippen molar-refractivity contribution < 1.29 is 29.4 Å². The molecule has 40 heavy (non-hydrogen) atoms. The van der Waals surface area contributed by atoms with Gasteiger partial charge < -0.3 is 32.4 Å². The number of carboxylic acids is 2. The number of nitrogen functional groups attached to an aromatic ring is 2. The summed E-state index contributed by atoms with van der Waals surface area (Å²) in [6.07, 6.45) is 2.43. The first-order valence-corrected chi connectivity index (χ1v) is 12.2. The van der Waals surface area contributed by atoms with Gasteiger partial charge >= 0.3 is 11.9 Å². The Morgan fingerprint density at radius 2 is 1.68 bits per heavy atom. The summed E-state index contributed by atoms with van der Waals surface area (Å²) in [6.45, 7) is 0. The van der Waals surface area contributed by atoms with Crippen LogP contribution in [-0.4, -0.2) is 55.0 Å². The second-order valence-electron chi connectivity index (χ2n) is 9.09. The maximum atomic E-state index is 13.6. The van der Waals surface area contributed by atoms with Crippen molar-refractivity contribution in [3.8, 4) is 0 Å². The average molecular weight is 546 g/mol. The Hall–Kier alpha value is -5.46. The summed E-state index contributed by atoms with van der Waals surface area (Å²) in [7, 11) is 0. The molecule has 13 nitrogen and oxygen atoms in total. The fraction of sp³-hybridized carbons (Fsp3) is 0.185. The average Bonchev–Trinajstić information content (AvgIpc) is 3.32. The zero-order valence-electron chi connectivity index (χ0n) is 21.2. The summed E-state index contributed by atoms with van der Waals surface area (Å²) >= 11 is 0. The molecule has 0 saturated carbocycles. The largest absolute Gasteiger partial charge is 0.480 e. The summed E-state index contributed by atoms with van der Waals surface area (Å²) in [5, 5.41) is 20.0. The predicted molar refractivity (Wildman–Crippen MR) is 147 cm³/mol. The van der Waals surface area contributed by atoms with Gasteiger partial charge in [-0.05, 0) is 60.7 Å². The van der Waals surface area contributed by atoms with Crippen LogP contribution in [0.4, 0.5) is 17.5 Å². The number of rotatable bonds is 11. The van der Waals surface area contributed by atoms with Crippen molar-refractivity contribution in [3.05, 3.63) is 77.0 Å². The third-order valence-corrected chi connectivity index (χ3v) is 6.39. The predicted octanol–water partition coefficient (Wildman–Crippen LogP) is 1.97. The summed E-state index contributed by atoms with van der Waals surface area (Å²) in [5.41, 5.74) is 19.3. The van der Waals surface area contributed by atoms with E-state index in [2.05, 4.69) is 15.0 Å². The molecule has 0 radical (unpaired) electrons. The van der Waals surface area contributed by atoms with E-state index in [1.54, 1.807) is 30.5 Å². The highest BCUT2D eigenvalue weighted by atomic mass is 16.4. The Morgan fingerprint density at radius 3 is 2.33 bits per heavy atom. The fourth-order valence-corrected chi connectivity index (χ4v) is 4.44. The van der Waals surface area contributed by atoms with Crippen molar-refractivity contribution in [2.75, 3.05) is 16.4 Å². The SMILES string of the molecule is NC(=O)CC[C@@H](C(=O)O)N(C(=O)c1ccc(CCc2c[nH]c3nc(N)nc(N)c23)cc1)c1cccc(C(=O)O)c1. The standard InChI is InChI=1S/C27H27N7O6/c28-20(35)11-10-19(26(39)40)34(18-3-1-2-16(12-18)25(37)38)24(36)15-7-4-14(5-8-15)6-9-17-13-31-23-21(17)22(29)32-27(30)33-23/h1-5,7-8,12-13,19H,6,9-11H2,(H2,28,35)(H,37,38)(H,39,40)(H5,29,30,31,32,33)/t19-/m0/s1. The minimum Gasteiger partial charge on any atom is -0.480 e. The Labute approximate surface area is 227 Å². The lowest BCUT2D eigenvalue weighted by atomic mass is 10.0. The number of nitrogens with one attached hydrogen (secondary N) is 1. The van der Waals surface area contributed by atoms with E-state index < -0.39 is 29.8 Å². The number of primary amides is 1. The number of benzene rings is 2. The maximum Gasteiger partial charge on any atom is 0.335 e. The van der Waals surface area contributed by atoms with Gasteiger partial charge in [-0.1, -0.05) is 18.2 Å². The van der Waals surface area contributed by atoms with Crippen LogP contribution in [0.2, 0.25) is 0 Å². The summed E-state index contributed by atoms with van der Waals surface area (Å²) in [6, 6.07) is 10.5. The highest BCUT2D eigenvalue weighted by Crippen LogP contribution is 2.26. The molecule has 206 valence electrons. The van der Waals surface area contributed by atoms with Crippen molar-refractivity contribution in [3.63, 3.8) is 0 Å². The summed E-state index contributed by atoms with van der Waals surface area (Å²) < 4.78 is 0. The molecule has 0 bridgehead atoms. The lowest BCUT2D eigenvalue weighted by Gasteiger charge is -2.29. The van der Waals surface area contributed by atoms with Crippen LogP contribution < -0.4 is 22.1 Å². The van der Waals surface area contributed by atoms with E-state index in [9.17, 15) is 29.4 Å². The number of carboxylic acid groups (broad SMARTS) is 2. The van der Waals surface area contributed by atoms with Crippen LogP contribution in [0.15, 0.2) is 54.7 Å². The number of carbonyl (C=O) groups excluding carboxylic acids is 2. The number of aliphatic carboxylic acids is 1. The quantitative estimate of drug-likeness (QED) is 0.160. The number of hydrogen-bond donors (Lipinski definition) is 6. The highest BCUT2D eigenvalue weighted by Gasteiger charge is 2.32. The van der Waals surface area contributed by atoms with Crippen LogP contribution >= 0.6 is 0 Å². The van der Waals surface area contributed by atoms with Crippen molar-refractivity contribution in [2.24, 2.45) is 5.73 Å². The minimum atomic E-state index is -1.47. The third-order valence-electron chi connectivity index (χ3n) is 6.39. The molecular formula is C27H27N7O6. The van der Waals surface area contributed by atoms with Crippen molar-refractivity contribution >= 4 is 52.2 Å². The van der Waals surface area contributed by atoms with Crippen LogP contribution in [0, 0.1) is 0 Å². The summed E-state index contributed by atoms with van der Waals surface area (Å²) in [5.74, 6) is -3.66. The molecule has 2 aromatic carbocycles. The number of nitrogens with zero attached hydrogens (tertiary/aromatic N) is 3. The molecule has 0 unspecified atom stereocenters. The van der Waals surface area contributed by atoms with Gasteiger partial charge in [0, 0.05) is 23.9 Å². The van der Waals surface area contributed by atoms with Crippen LogP contribution in [0.25, 0.3) is 11.0 Å². The van der Waals surface area contributed by atoms with Crippen LogP contribution in [0.5, 0.6) is 0 Å². The number of nitrogens with two attached hydrogens (primary N) is 3. The van der Waals surface area contributed by atoms with Crippen LogP contribution in [0.1, 0.15) is 44.7 Å². The lowest BCUT2D eigenvalue weighted by molar-refractivity contribution is -0.138. The van der Waals surface area contributed by atoms with Gasteiger partial charge in [-0.15, -0.1) is 0 Å². The van der Waals surface area contributed by atoms with Crippen molar-refractivity contribution in [2.45, 2.75) is 31.7 Å². The maximum absolute atomic E-state index is 13.6. The van der Waals surface area contributed by atoms with Gasteiger partial charge in [0.1, 0.15) is 17.5 Å². The Bertz CT molecular complexity index is 1600. The number of aromatic nitrogens is 3. The molecule has 2 amide bonds. The number of hydrogen-bond acceptors (Lipinski definition) is 8. The van der Waals surface area contributed by atoms with E-state index in [1.807, 2.05) is 0 Å². The smallest absolute Gasteiger partial charge is 0.335 e. The molecule has 0 aliphatic heterocycles. The number of amides is 2. The second-order valence-corrected chi connectivity index (χ2v) is 9.09. The monoisotopic (exact) mass is 545 g/mol. The lowest BCUT2D eigenvalue weighted by Crippen LogP contribution is -2.46. The number of aryl methyl sites for hydroxylation is 2. The Kier molecular flexibility index (Phi) is 7.94. The van der Waals surface area contributed by atoms with Gasteiger partial charge in [-0.25, -0.2) is 9.59 Å². The van der Waals surface area contributed by atoms with Gasteiger partial charge in [-0.3, -0.25) is 14.5 Å². The molecule has 0 fully saturated rings. The van der Waals surface area contributed by atoms with E-state index in [4.69, 9.17) is 17.2 Å². The second kappa shape index (κ2) is 11.5. The molecule has 2 aromatic heterocycles. The topological polar surface area (TPSA) is 232 Å². The fourth-order valence-electron chi connectivity index (χ4n) is 4.44. The zero-order chi connectivity index (χ0) is 29.0. The number of fused-ring (bicyclic) bond motifs is 1. The van der Waals surface area contributed by atoms with Crippen LogP contribution in [-0.2, 0) is 22.4 Å². The van der Waals surface area contributed by atoms with Crippen LogP contribution in [0.3, 0.4) is 0 Å². The molecule has 4 aromatic rings. The van der Waals surface area contributed by atoms with E-state index >= 15 is 0 Å².